The van der Waals surface area contributed by atoms with Gasteiger partial charge in [-0.1, -0.05) is 0 Å². The van der Waals surface area contributed by atoms with Crippen molar-refractivity contribution in [1.29, 1.82) is 5.26 Å². The summed E-state index contributed by atoms with van der Waals surface area (Å²) in [5.74, 6) is 1.43. The summed E-state index contributed by atoms with van der Waals surface area (Å²) < 4.78 is 1.82. The van der Waals surface area contributed by atoms with Crippen LogP contribution < -0.4 is 4.90 Å². The molecule has 5 heteroatoms. The Kier molecular flexibility index (Phi) is 4.19. The average Bonchev–Trinajstić information content (AvgIpc) is 2.52. The molecule has 0 aliphatic rings. The number of aromatic nitrogens is 2. The lowest BCUT2D eigenvalue weighted by Gasteiger charge is -2.21. The van der Waals surface area contributed by atoms with Crippen molar-refractivity contribution in [3.05, 3.63) is 11.3 Å². The predicted octanol–water partition coefficient (Wildman–Crippen LogP) is 2.06. The first-order valence-corrected chi connectivity index (χ1v) is 5.73. The van der Waals surface area contributed by atoms with Crippen molar-refractivity contribution in [2.45, 2.75) is 19.7 Å². The molecule has 0 saturated carbocycles. The number of anilines is 1. The summed E-state index contributed by atoms with van der Waals surface area (Å²) in [5, 5.41) is 13.2. The van der Waals surface area contributed by atoms with Gasteiger partial charge in [0.15, 0.2) is 0 Å². The van der Waals surface area contributed by atoms with Crippen LogP contribution in [0.25, 0.3) is 0 Å². The summed E-state index contributed by atoms with van der Waals surface area (Å²) in [4.78, 5) is 2.03. The maximum Gasteiger partial charge on any atom is 0.131 e. The zero-order valence-corrected chi connectivity index (χ0v) is 10.9. The van der Waals surface area contributed by atoms with E-state index in [1.807, 2.05) is 37.5 Å². The van der Waals surface area contributed by atoms with Crippen LogP contribution >= 0.6 is 11.6 Å². The Morgan fingerprint density at radius 3 is 2.75 bits per heavy atom. The highest BCUT2D eigenvalue weighted by atomic mass is 35.5. The minimum Gasteiger partial charge on any atom is -0.358 e. The SMILES string of the molecule is Cc1nn(C)c(N(C)CC(C)C#N)c1CCl. The number of nitriles is 1. The predicted molar refractivity (Wildman–Crippen MR) is 65.5 cm³/mol. The molecule has 0 N–H and O–H groups in total. The molecule has 0 aliphatic heterocycles. The molecule has 0 amide bonds. The summed E-state index contributed by atoms with van der Waals surface area (Å²) in [6.45, 7) is 4.53. The van der Waals surface area contributed by atoms with Crippen LogP contribution in [0.4, 0.5) is 5.82 Å². The quantitative estimate of drug-likeness (QED) is 0.757. The second kappa shape index (κ2) is 5.22. The van der Waals surface area contributed by atoms with Gasteiger partial charge in [-0.3, -0.25) is 4.68 Å². The smallest absolute Gasteiger partial charge is 0.131 e. The van der Waals surface area contributed by atoms with E-state index in [0.717, 1.165) is 17.1 Å². The van der Waals surface area contributed by atoms with Gasteiger partial charge in [-0.25, -0.2) is 0 Å². The Bertz CT molecular complexity index is 405. The molecule has 1 aromatic rings. The minimum absolute atomic E-state index is 0.0108. The van der Waals surface area contributed by atoms with E-state index in [0.29, 0.717) is 12.4 Å². The second-order valence-electron chi connectivity index (χ2n) is 4.06. The highest BCUT2D eigenvalue weighted by Crippen LogP contribution is 2.24. The molecule has 1 aromatic heterocycles. The summed E-state index contributed by atoms with van der Waals surface area (Å²) in [6.07, 6.45) is 0. The Morgan fingerprint density at radius 1 is 1.62 bits per heavy atom. The molecule has 1 atom stereocenters. The van der Waals surface area contributed by atoms with Crippen molar-refractivity contribution in [2.75, 3.05) is 18.5 Å². The number of alkyl halides is 1. The fourth-order valence-electron chi connectivity index (χ4n) is 1.86. The van der Waals surface area contributed by atoms with Crippen LogP contribution in [0.5, 0.6) is 0 Å². The van der Waals surface area contributed by atoms with Gasteiger partial charge in [0.05, 0.1) is 23.6 Å². The van der Waals surface area contributed by atoms with Crippen molar-refractivity contribution in [1.82, 2.24) is 9.78 Å². The monoisotopic (exact) mass is 240 g/mol. The third-order valence-electron chi connectivity index (χ3n) is 2.58. The molecular weight excluding hydrogens is 224 g/mol. The number of aryl methyl sites for hydroxylation is 2. The number of halogens is 1. The van der Waals surface area contributed by atoms with E-state index in [1.54, 1.807) is 0 Å². The maximum atomic E-state index is 8.81. The number of rotatable bonds is 4. The van der Waals surface area contributed by atoms with Crippen LogP contribution in [0.1, 0.15) is 18.2 Å². The maximum absolute atomic E-state index is 8.81. The fraction of sp³-hybridized carbons (Fsp3) is 0.636. The van der Waals surface area contributed by atoms with Gasteiger partial charge in [0.25, 0.3) is 0 Å². The summed E-state index contributed by atoms with van der Waals surface area (Å²) in [6, 6.07) is 2.23. The molecule has 0 spiro atoms. The molecule has 1 heterocycles. The lowest BCUT2D eigenvalue weighted by atomic mass is 10.2. The van der Waals surface area contributed by atoms with Crippen molar-refractivity contribution < 1.29 is 0 Å². The first-order valence-electron chi connectivity index (χ1n) is 5.20. The van der Waals surface area contributed by atoms with E-state index in [2.05, 4.69) is 11.2 Å². The van der Waals surface area contributed by atoms with Crippen LogP contribution in [0.2, 0.25) is 0 Å². The third-order valence-corrected chi connectivity index (χ3v) is 2.84. The first kappa shape index (κ1) is 12.9. The van der Waals surface area contributed by atoms with Gasteiger partial charge in [-0.15, -0.1) is 11.6 Å². The largest absolute Gasteiger partial charge is 0.358 e. The van der Waals surface area contributed by atoms with Gasteiger partial charge in [0.1, 0.15) is 5.82 Å². The molecule has 0 aromatic carbocycles. The highest BCUT2D eigenvalue weighted by Gasteiger charge is 2.17. The first-order chi connectivity index (χ1) is 7.51. The van der Waals surface area contributed by atoms with Gasteiger partial charge in [-0.2, -0.15) is 10.4 Å². The molecule has 88 valence electrons. The van der Waals surface area contributed by atoms with E-state index in [-0.39, 0.29) is 5.92 Å². The molecule has 0 saturated heterocycles. The van der Waals surface area contributed by atoms with Gasteiger partial charge >= 0.3 is 0 Å². The van der Waals surface area contributed by atoms with E-state index < -0.39 is 0 Å². The Balaban J connectivity index is 2.99. The van der Waals surface area contributed by atoms with E-state index in [4.69, 9.17) is 16.9 Å². The van der Waals surface area contributed by atoms with Crippen molar-refractivity contribution >= 4 is 17.4 Å². The molecule has 0 aliphatic carbocycles. The van der Waals surface area contributed by atoms with Gasteiger partial charge in [0, 0.05) is 26.2 Å². The molecule has 1 unspecified atom stereocenters. The highest BCUT2D eigenvalue weighted by molar-refractivity contribution is 6.17. The van der Waals surface area contributed by atoms with Crippen LogP contribution in [-0.2, 0) is 12.9 Å². The minimum atomic E-state index is -0.0108. The second-order valence-corrected chi connectivity index (χ2v) is 4.32. The van der Waals surface area contributed by atoms with Gasteiger partial charge < -0.3 is 4.90 Å². The molecule has 1 rings (SSSR count). The third kappa shape index (κ3) is 2.48. The summed E-state index contributed by atoms with van der Waals surface area (Å²) in [7, 11) is 3.85. The number of nitrogens with zero attached hydrogens (tertiary/aromatic N) is 4. The average molecular weight is 241 g/mol. The van der Waals surface area contributed by atoms with Crippen LogP contribution in [0.15, 0.2) is 0 Å². The van der Waals surface area contributed by atoms with Crippen molar-refractivity contribution in [2.24, 2.45) is 13.0 Å². The van der Waals surface area contributed by atoms with E-state index in [9.17, 15) is 0 Å². The molecule has 0 bridgehead atoms. The Hall–Kier alpha value is -1.21. The van der Waals surface area contributed by atoms with E-state index in [1.165, 1.54) is 0 Å². The van der Waals surface area contributed by atoms with E-state index >= 15 is 0 Å². The standard InChI is InChI=1S/C11H17ClN4/c1-8(6-13)7-15(3)11-10(5-12)9(2)14-16(11)4/h8H,5,7H2,1-4H3. The van der Waals surface area contributed by atoms with Gasteiger partial charge in [0.2, 0.25) is 0 Å². The fourth-order valence-corrected chi connectivity index (χ4v) is 2.17. The lowest BCUT2D eigenvalue weighted by molar-refractivity contribution is 0.673. The molecule has 0 radical (unpaired) electrons. The zero-order valence-electron chi connectivity index (χ0n) is 10.2. The van der Waals surface area contributed by atoms with Crippen LogP contribution in [-0.4, -0.2) is 23.4 Å². The lowest BCUT2D eigenvalue weighted by Crippen LogP contribution is -2.26. The molecule has 4 nitrogen and oxygen atoms in total. The van der Waals surface area contributed by atoms with Crippen molar-refractivity contribution in [3.8, 4) is 6.07 Å². The van der Waals surface area contributed by atoms with Gasteiger partial charge in [-0.05, 0) is 13.8 Å². The summed E-state index contributed by atoms with van der Waals surface area (Å²) in [5.41, 5.74) is 1.99. The normalized spacial score (nSPS) is 12.2. The van der Waals surface area contributed by atoms with Crippen LogP contribution in [0, 0.1) is 24.2 Å². The van der Waals surface area contributed by atoms with Crippen molar-refractivity contribution in [3.63, 3.8) is 0 Å². The summed E-state index contributed by atoms with van der Waals surface area (Å²) >= 11 is 5.92. The Morgan fingerprint density at radius 2 is 2.25 bits per heavy atom. The molecular formula is C11H17ClN4. The Labute approximate surface area is 101 Å². The number of hydrogen-bond acceptors (Lipinski definition) is 3. The molecule has 16 heavy (non-hydrogen) atoms. The zero-order chi connectivity index (χ0) is 12.3. The molecule has 0 fully saturated rings. The van der Waals surface area contributed by atoms with Crippen LogP contribution in [0.3, 0.4) is 0 Å². The topological polar surface area (TPSA) is 44.9 Å². The number of hydrogen-bond donors (Lipinski definition) is 0.